The first-order valence-electron chi connectivity index (χ1n) is 14.0. The van der Waals surface area contributed by atoms with Gasteiger partial charge >= 0.3 is 0 Å². The summed E-state index contributed by atoms with van der Waals surface area (Å²) in [5, 5.41) is 23.5. The van der Waals surface area contributed by atoms with E-state index in [1.165, 1.54) is 54.1 Å². The van der Waals surface area contributed by atoms with Crippen LogP contribution in [-0.4, -0.2) is 82.6 Å². The van der Waals surface area contributed by atoms with Crippen molar-refractivity contribution in [1.29, 1.82) is 0 Å². The van der Waals surface area contributed by atoms with E-state index in [1.54, 1.807) is 29.7 Å². The zero-order valence-electron chi connectivity index (χ0n) is 24.8. The van der Waals surface area contributed by atoms with Gasteiger partial charge in [-0.05, 0) is 56.2 Å². The van der Waals surface area contributed by atoms with E-state index in [1.807, 2.05) is 0 Å². The number of nitrogens with one attached hydrogen (secondary N) is 2. The number of amides is 2. The van der Waals surface area contributed by atoms with Crippen molar-refractivity contribution in [2.45, 2.75) is 42.8 Å². The van der Waals surface area contributed by atoms with Gasteiger partial charge in [-0.3, -0.25) is 19.5 Å². The molecule has 14 nitrogen and oxygen atoms in total. The summed E-state index contributed by atoms with van der Waals surface area (Å²) in [5.74, 6) is 0.678. The van der Waals surface area contributed by atoms with Crippen molar-refractivity contribution in [3.05, 3.63) is 58.9 Å². The Kier molecular flexibility index (Phi) is 10.3. The number of anilines is 1. The maximum Gasteiger partial charge on any atom is 0.251 e. The van der Waals surface area contributed by atoms with Crippen LogP contribution in [0.2, 0.25) is 0 Å². The van der Waals surface area contributed by atoms with Crippen LogP contribution in [0.4, 0.5) is 5.13 Å². The summed E-state index contributed by atoms with van der Waals surface area (Å²) in [6, 6.07) is 11.1. The van der Waals surface area contributed by atoms with Crippen LogP contribution >= 0.6 is 23.1 Å². The Hall–Kier alpha value is -4.06. The zero-order chi connectivity index (χ0) is 32.0. The van der Waals surface area contributed by atoms with E-state index in [0.29, 0.717) is 46.4 Å². The van der Waals surface area contributed by atoms with Gasteiger partial charge in [-0.25, -0.2) is 8.42 Å². The lowest BCUT2D eigenvalue weighted by Gasteiger charge is -2.25. The number of piperidine rings is 1. The second-order valence-corrected chi connectivity index (χ2v) is 14.0. The average Bonchev–Trinajstić information content (AvgIpc) is 3.67. The largest absolute Gasteiger partial charge is 0.497 e. The van der Waals surface area contributed by atoms with Crippen molar-refractivity contribution in [3.63, 3.8) is 0 Å². The molecule has 1 saturated heterocycles. The quantitative estimate of drug-likeness (QED) is 0.212. The van der Waals surface area contributed by atoms with Crippen LogP contribution in [0.5, 0.6) is 11.5 Å². The van der Waals surface area contributed by atoms with Crippen molar-refractivity contribution in [3.8, 4) is 17.2 Å². The molecule has 45 heavy (non-hydrogen) atoms. The van der Waals surface area contributed by atoms with Crippen LogP contribution in [-0.2, 0) is 21.4 Å². The number of hydrogen-bond donors (Lipinski definition) is 2. The van der Waals surface area contributed by atoms with E-state index in [0.717, 1.165) is 36.0 Å². The van der Waals surface area contributed by atoms with Crippen molar-refractivity contribution in [1.82, 2.24) is 34.6 Å². The average molecular weight is 673 g/mol. The molecule has 2 aromatic heterocycles. The third-order valence-corrected chi connectivity index (χ3v) is 10.5. The second kappa shape index (κ2) is 14.4. The van der Waals surface area contributed by atoms with E-state index >= 15 is 0 Å². The molecular weight excluding hydrogens is 641 g/mol. The first-order chi connectivity index (χ1) is 21.7. The number of sulfonamides is 1. The number of aromatic nitrogens is 5. The summed E-state index contributed by atoms with van der Waals surface area (Å²) in [4.78, 5) is 25.9. The summed E-state index contributed by atoms with van der Waals surface area (Å²) in [5.41, 5.74) is 0.830. The molecular formula is C28H32N8O6S3. The predicted molar refractivity (Wildman–Crippen MR) is 169 cm³/mol. The second-order valence-electron chi connectivity index (χ2n) is 9.91. The first kappa shape index (κ1) is 32.3. The van der Waals surface area contributed by atoms with Gasteiger partial charge in [0.1, 0.15) is 16.5 Å². The van der Waals surface area contributed by atoms with Crippen LogP contribution in [0, 0.1) is 6.92 Å². The van der Waals surface area contributed by atoms with Crippen LogP contribution in [0.1, 0.15) is 40.5 Å². The number of aryl methyl sites for hydroxylation is 1. The number of carbonyl (C=O) groups is 2. The number of carbonyl (C=O) groups excluding carboxylic acids is 2. The third kappa shape index (κ3) is 7.61. The molecule has 0 unspecified atom stereocenters. The molecule has 17 heteroatoms. The molecule has 0 saturated carbocycles. The number of methoxy groups -OCH3 is 2. The Balaban J connectivity index is 1.34. The van der Waals surface area contributed by atoms with Gasteiger partial charge in [-0.2, -0.15) is 4.31 Å². The van der Waals surface area contributed by atoms with Crippen molar-refractivity contribution in [2.24, 2.45) is 0 Å². The van der Waals surface area contributed by atoms with E-state index < -0.39 is 15.9 Å². The SMILES string of the molecule is COc1ccc(OC)c(-n2c(CNC(=O)c3ccc(S(=O)(=O)N4CCCCC4)cc3)nnc2SCC(=O)Nc2nnc(C)s2)c1. The molecule has 0 bridgehead atoms. The zero-order valence-corrected chi connectivity index (χ0v) is 27.3. The van der Waals surface area contributed by atoms with Crippen LogP contribution in [0.3, 0.4) is 0 Å². The smallest absolute Gasteiger partial charge is 0.251 e. The van der Waals surface area contributed by atoms with Gasteiger partial charge in [-0.1, -0.05) is 29.5 Å². The lowest BCUT2D eigenvalue weighted by Crippen LogP contribution is -2.35. The fraction of sp³-hybridized carbons (Fsp3) is 0.357. The molecule has 3 heterocycles. The molecule has 5 rings (SSSR count). The van der Waals surface area contributed by atoms with Gasteiger partial charge in [0, 0.05) is 24.7 Å². The van der Waals surface area contributed by atoms with Crippen molar-refractivity contribution < 1.29 is 27.5 Å². The Labute approximate surface area is 268 Å². The molecule has 2 N–H and O–H groups in total. The molecule has 2 aromatic carbocycles. The summed E-state index contributed by atoms with van der Waals surface area (Å²) in [7, 11) is -0.550. The number of hydrogen-bond acceptors (Lipinski definition) is 12. The van der Waals surface area contributed by atoms with Crippen LogP contribution < -0.4 is 20.1 Å². The third-order valence-electron chi connectivity index (χ3n) is 6.91. The van der Waals surface area contributed by atoms with Crippen LogP contribution in [0.25, 0.3) is 5.69 Å². The standard InChI is InChI=1S/C28H32N8O6S3/c1-18-31-33-27(44-18)30-25(37)17-43-28-34-32-24(36(28)22-15-20(41-2)9-12-23(22)42-3)16-29-26(38)19-7-10-21(11-8-19)45(39,40)35-13-5-4-6-14-35/h7-12,15H,4-6,13-14,16-17H2,1-3H3,(H,29,38)(H,30,33,37). The molecule has 0 spiro atoms. The minimum atomic E-state index is -3.61. The Bertz CT molecular complexity index is 1770. The molecule has 4 aromatic rings. The Morgan fingerprint density at radius 2 is 1.73 bits per heavy atom. The molecule has 0 aliphatic carbocycles. The van der Waals surface area contributed by atoms with Crippen molar-refractivity contribution >= 4 is 50.1 Å². The van der Waals surface area contributed by atoms with Gasteiger partial charge in [-0.15, -0.1) is 20.4 Å². The summed E-state index contributed by atoms with van der Waals surface area (Å²) in [6.45, 7) is 2.76. The molecule has 1 fully saturated rings. The maximum atomic E-state index is 13.1. The van der Waals surface area contributed by atoms with Crippen molar-refractivity contribution in [2.75, 3.05) is 38.4 Å². The Morgan fingerprint density at radius 3 is 2.40 bits per heavy atom. The summed E-state index contributed by atoms with van der Waals surface area (Å²) >= 11 is 2.41. The molecule has 1 aliphatic rings. The molecule has 1 aliphatic heterocycles. The normalized spacial score (nSPS) is 13.8. The molecule has 0 atom stereocenters. The topological polar surface area (TPSA) is 171 Å². The van der Waals surface area contributed by atoms with Gasteiger partial charge in [0.15, 0.2) is 11.0 Å². The lowest BCUT2D eigenvalue weighted by molar-refractivity contribution is -0.113. The summed E-state index contributed by atoms with van der Waals surface area (Å²) < 4.78 is 40.2. The van der Waals surface area contributed by atoms with E-state index in [4.69, 9.17) is 9.47 Å². The van der Waals surface area contributed by atoms with Crippen LogP contribution in [0.15, 0.2) is 52.5 Å². The van der Waals surface area contributed by atoms with E-state index in [2.05, 4.69) is 31.0 Å². The highest BCUT2D eigenvalue weighted by atomic mass is 32.2. The minimum absolute atomic E-state index is 0.00207. The van der Waals surface area contributed by atoms with Gasteiger partial charge < -0.3 is 14.8 Å². The number of rotatable bonds is 12. The highest BCUT2D eigenvalue weighted by molar-refractivity contribution is 7.99. The number of thioether (sulfide) groups is 1. The van der Waals surface area contributed by atoms with E-state index in [-0.39, 0.29) is 28.7 Å². The summed E-state index contributed by atoms with van der Waals surface area (Å²) in [6.07, 6.45) is 2.69. The van der Waals surface area contributed by atoms with Gasteiger partial charge in [0.25, 0.3) is 5.91 Å². The lowest BCUT2D eigenvalue weighted by atomic mass is 10.2. The first-order valence-corrected chi connectivity index (χ1v) is 17.2. The fourth-order valence-electron chi connectivity index (χ4n) is 4.65. The number of ether oxygens (including phenoxy) is 2. The number of nitrogens with zero attached hydrogens (tertiary/aromatic N) is 6. The predicted octanol–water partition coefficient (Wildman–Crippen LogP) is 3.28. The molecule has 238 valence electrons. The monoisotopic (exact) mass is 672 g/mol. The maximum absolute atomic E-state index is 13.1. The molecule has 2 amide bonds. The fourth-order valence-corrected chi connectivity index (χ4v) is 7.54. The van der Waals surface area contributed by atoms with Gasteiger partial charge in [0.05, 0.1) is 37.1 Å². The Morgan fingerprint density at radius 1 is 0.978 bits per heavy atom. The number of benzene rings is 2. The minimum Gasteiger partial charge on any atom is -0.497 e. The van der Waals surface area contributed by atoms with Gasteiger partial charge in [0.2, 0.25) is 21.1 Å². The van der Waals surface area contributed by atoms with E-state index in [9.17, 15) is 18.0 Å². The molecule has 0 radical (unpaired) electrons. The highest BCUT2D eigenvalue weighted by Crippen LogP contribution is 2.32. The highest BCUT2D eigenvalue weighted by Gasteiger charge is 2.26.